The second-order valence-corrected chi connectivity index (χ2v) is 10.3. The third kappa shape index (κ3) is 12.5. The van der Waals surface area contributed by atoms with Gasteiger partial charge >= 0.3 is 0 Å². The summed E-state index contributed by atoms with van der Waals surface area (Å²) in [6.45, 7) is 1.36. The predicted octanol–water partition coefficient (Wildman–Crippen LogP) is -0.573. The molecule has 0 spiro atoms. The molecule has 0 radical (unpaired) electrons. The Morgan fingerprint density at radius 2 is 1.44 bits per heavy atom. The summed E-state index contributed by atoms with van der Waals surface area (Å²) >= 11 is 0. The van der Waals surface area contributed by atoms with Gasteiger partial charge in [-0.15, -0.1) is 0 Å². The zero-order chi connectivity index (χ0) is 31.8. The highest BCUT2D eigenvalue weighted by molar-refractivity contribution is 6.00. The van der Waals surface area contributed by atoms with E-state index in [0.29, 0.717) is 38.3 Å². The summed E-state index contributed by atoms with van der Waals surface area (Å²) in [5.74, 6) is -3.28. The van der Waals surface area contributed by atoms with Crippen LogP contribution in [-0.2, 0) is 25.6 Å². The van der Waals surface area contributed by atoms with Crippen LogP contribution in [0.15, 0.2) is 54.6 Å². The fourth-order valence-corrected chi connectivity index (χ4v) is 4.14. The predicted molar refractivity (Wildman–Crippen MR) is 162 cm³/mol. The Kier molecular flexibility index (Phi) is 14.6. The van der Waals surface area contributed by atoms with Gasteiger partial charge in [-0.1, -0.05) is 42.5 Å². The molecule has 2 aromatic rings. The number of nitrogens with one attached hydrogen (secondary N) is 3. The van der Waals surface area contributed by atoms with Crippen molar-refractivity contribution in [1.82, 2.24) is 20.9 Å². The summed E-state index contributed by atoms with van der Waals surface area (Å²) in [5, 5.41) is 7.89. The van der Waals surface area contributed by atoms with E-state index in [1.165, 1.54) is 0 Å². The molecule has 2 rings (SSSR count). The molecule has 2 aromatic carbocycles. The Morgan fingerprint density at radius 1 is 0.814 bits per heavy atom. The third-order valence-electron chi connectivity index (χ3n) is 6.48. The number of carbonyl (C=O) groups is 5. The molecule has 3 atom stereocenters. The van der Waals surface area contributed by atoms with Gasteiger partial charge in [-0.25, -0.2) is 0 Å². The smallest absolute Gasteiger partial charge is 0.255 e. The van der Waals surface area contributed by atoms with Crippen molar-refractivity contribution >= 4 is 29.5 Å². The SMILES string of the molecule is CN(C)CCOc1ccccc1C(=O)N[C@@H](Cc1ccccc1)C(=O)N[C@@H](CCCCN)C(=O)N[C@@H](CC(N)=O)C(N)=O. The van der Waals surface area contributed by atoms with E-state index in [-0.39, 0.29) is 18.4 Å². The first-order chi connectivity index (χ1) is 20.5. The van der Waals surface area contributed by atoms with Crippen molar-refractivity contribution in [3.63, 3.8) is 0 Å². The molecule has 0 aliphatic rings. The second-order valence-electron chi connectivity index (χ2n) is 10.3. The molecule has 9 N–H and O–H groups in total. The van der Waals surface area contributed by atoms with Crippen LogP contribution in [0.1, 0.15) is 41.6 Å². The van der Waals surface area contributed by atoms with Gasteiger partial charge in [-0.3, -0.25) is 24.0 Å². The van der Waals surface area contributed by atoms with Gasteiger partial charge < -0.3 is 42.8 Å². The molecule has 0 unspecified atom stereocenters. The Bertz CT molecular complexity index is 1220. The van der Waals surface area contributed by atoms with Gasteiger partial charge in [-0.05, 0) is 57.6 Å². The van der Waals surface area contributed by atoms with Crippen LogP contribution < -0.4 is 37.9 Å². The molecular formula is C30H43N7O6. The third-order valence-corrected chi connectivity index (χ3v) is 6.48. The fraction of sp³-hybridized carbons (Fsp3) is 0.433. The second kappa shape index (κ2) is 18.1. The first kappa shape index (κ1) is 34.7. The number of primary amides is 2. The van der Waals surface area contributed by atoms with Crippen LogP contribution in [0.3, 0.4) is 0 Å². The van der Waals surface area contributed by atoms with Gasteiger partial charge in [0.25, 0.3) is 5.91 Å². The summed E-state index contributed by atoms with van der Waals surface area (Å²) in [4.78, 5) is 65.4. The number of hydrogen-bond acceptors (Lipinski definition) is 8. The minimum atomic E-state index is -1.34. The molecule has 0 saturated heterocycles. The maximum Gasteiger partial charge on any atom is 0.255 e. The lowest BCUT2D eigenvalue weighted by atomic mass is 10.0. The van der Waals surface area contributed by atoms with E-state index in [4.69, 9.17) is 21.9 Å². The number of rotatable bonds is 19. The van der Waals surface area contributed by atoms with Crippen LogP contribution in [0.5, 0.6) is 5.75 Å². The summed E-state index contributed by atoms with van der Waals surface area (Å²) in [7, 11) is 3.81. The van der Waals surface area contributed by atoms with Crippen LogP contribution in [-0.4, -0.2) is 86.4 Å². The minimum Gasteiger partial charge on any atom is -0.491 e. The van der Waals surface area contributed by atoms with Crippen molar-refractivity contribution in [2.75, 3.05) is 33.8 Å². The number of likely N-dealkylation sites (N-methyl/N-ethyl adjacent to an activating group) is 1. The number of carbonyl (C=O) groups excluding carboxylic acids is 5. The van der Waals surface area contributed by atoms with E-state index in [0.717, 1.165) is 5.56 Å². The molecule has 13 heteroatoms. The Balaban J connectivity index is 2.29. The topological polar surface area (TPSA) is 212 Å². The molecule has 234 valence electrons. The average Bonchev–Trinajstić information content (AvgIpc) is 2.96. The molecular weight excluding hydrogens is 554 g/mol. The lowest BCUT2D eigenvalue weighted by molar-refractivity contribution is -0.133. The molecule has 13 nitrogen and oxygen atoms in total. The quantitative estimate of drug-likeness (QED) is 0.115. The van der Waals surface area contributed by atoms with Crippen molar-refractivity contribution in [3.8, 4) is 5.75 Å². The zero-order valence-corrected chi connectivity index (χ0v) is 24.7. The first-order valence-corrected chi connectivity index (χ1v) is 14.1. The van der Waals surface area contributed by atoms with E-state index in [2.05, 4.69) is 16.0 Å². The lowest BCUT2D eigenvalue weighted by Crippen LogP contribution is -2.57. The fourth-order valence-electron chi connectivity index (χ4n) is 4.14. The highest BCUT2D eigenvalue weighted by Gasteiger charge is 2.30. The van der Waals surface area contributed by atoms with Crippen LogP contribution in [0.25, 0.3) is 0 Å². The molecule has 0 aliphatic carbocycles. The first-order valence-electron chi connectivity index (χ1n) is 14.1. The number of hydrogen-bond donors (Lipinski definition) is 6. The van der Waals surface area contributed by atoms with Gasteiger partial charge in [0.05, 0.1) is 12.0 Å². The molecule has 0 bridgehead atoms. The molecule has 0 saturated carbocycles. The van der Waals surface area contributed by atoms with E-state index in [1.54, 1.807) is 24.3 Å². The van der Waals surface area contributed by atoms with Crippen molar-refractivity contribution in [3.05, 3.63) is 65.7 Å². The van der Waals surface area contributed by atoms with Crippen molar-refractivity contribution < 1.29 is 28.7 Å². The number of benzene rings is 2. The summed E-state index contributed by atoms with van der Waals surface area (Å²) in [6.07, 6.45) is 0.887. The molecule has 0 fully saturated rings. The van der Waals surface area contributed by atoms with Crippen molar-refractivity contribution in [2.45, 2.75) is 50.2 Å². The van der Waals surface area contributed by atoms with E-state index in [1.807, 2.05) is 49.3 Å². The number of ether oxygens (including phenoxy) is 1. The number of unbranched alkanes of at least 4 members (excludes halogenated alkanes) is 1. The maximum atomic E-state index is 13.7. The van der Waals surface area contributed by atoms with E-state index < -0.39 is 54.1 Å². The molecule has 0 aromatic heterocycles. The minimum absolute atomic E-state index is 0.130. The molecule has 5 amide bonds. The Morgan fingerprint density at radius 3 is 2.07 bits per heavy atom. The highest BCUT2D eigenvalue weighted by atomic mass is 16.5. The van der Waals surface area contributed by atoms with E-state index >= 15 is 0 Å². The van der Waals surface area contributed by atoms with Crippen LogP contribution in [0.4, 0.5) is 0 Å². The Labute approximate surface area is 251 Å². The number of nitrogens with two attached hydrogens (primary N) is 3. The van der Waals surface area contributed by atoms with Crippen molar-refractivity contribution in [1.29, 1.82) is 0 Å². The van der Waals surface area contributed by atoms with Crippen LogP contribution in [0.2, 0.25) is 0 Å². The highest BCUT2D eigenvalue weighted by Crippen LogP contribution is 2.18. The summed E-state index contributed by atoms with van der Waals surface area (Å²) in [6, 6.07) is 12.3. The molecule has 0 heterocycles. The monoisotopic (exact) mass is 597 g/mol. The zero-order valence-electron chi connectivity index (χ0n) is 24.7. The number of para-hydroxylation sites is 1. The Hall–Kier alpha value is -4.49. The lowest BCUT2D eigenvalue weighted by Gasteiger charge is -2.25. The molecule has 0 aliphatic heterocycles. The number of amides is 5. The standard InChI is InChI=1S/C30H43N7O6/c1-37(2)16-17-43-25-14-7-6-12-21(25)28(40)36-24(18-20-10-4-3-5-11-20)30(42)34-22(13-8-9-15-31)29(41)35-23(27(33)39)19-26(32)38/h3-7,10-12,14,22-24H,8-9,13,15-19,31H2,1-2H3,(H2,32,38)(H2,33,39)(H,34,42)(H,35,41)(H,36,40)/t22-,23-,24-/m0/s1. The van der Waals surface area contributed by atoms with Gasteiger partial charge in [0.15, 0.2) is 0 Å². The van der Waals surface area contributed by atoms with Crippen molar-refractivity contribution in [2.24, 2.45) is 17.2 Å². The largest absolute Gasteiger partial charge is 0.491 e. The van der Waals surface area contributed by atoms with Gasteiger partial charge in [0.1, 0.15) is 30.5 Å². The number of nitrogens with zero attached hydrogens (tertiary/aromatic N) is 1. The van der Waals surface area contributed by atoms with Gasteiger partial charge in [-0.2, -0.15) is 0 Å². The van der Waals surface area contributed by atoms with Gasteiger partial charge in [0, 0.05) is 13.0 Å². The van der Waals surface area contributed by atoms with Gasteiger partial charge in [0.2, 0.25) is 23.6 Å². The average molecular weight is 598 g/mol. The van der Waals surface area contributed by atoms with E-state index in [9.17, 15) is 24.0 Å². The summed E-state index contributed by atoms with van der Waals surface area (Å²) < 4.78 is 5.83. The molecule has 43 heavy (non-hydrogen) atoms. The maximum absolute atomic E-state index is 13.7. The summed E-state index contributed by atoms with van der Waals surface area (Å²) in [5.41, 5.74) is 17.2. The van der Waals surface area contributed by atoms with Crippen LogP contribution in [0, 0.1) is 0 Å². The van der Waals surface area contributed by atoms with Crippen LogP contribution >= 0.6 is 0 Å². The normalized spacial score (nSPS) is 12.9.